The zero-order chi connectivity index (χ0) is 18.8. The molecule has 0 aliphatic carbocycles. The number of aliphatic hydroxyl groups is 1. The molecule has 27 heavy (non-hydrogen) atoms. The predicted molar refractivity (Wildman–Crippen MR) is 104 cm³/mol. The van der Waals surface area contributed by atoms with Crippen LogP contribution >= 0.6 is 0 Å². The Balaban J connectivity index is 1.45. The summed E-state index contributed by atoms with van der Waals surface area (Å²) in [7, 11) is 0. The van der Waals surface area contributed by atoms with Crippen molar-refractivity contribution in [1.29, 1.82) is 0 Å². The quantitative estimate of drug-likeness (QED) is 0.864. The van der Waals surface area contributed by atoms with E-state index in [2.05, 4.69) is 32.3 Å². The van der Waals surface area contributed by atoms with Crippen LogP contribution in [0.3, 0.4) is 0 Å². The number of nitrogens with one attached hydrogen (secondary N) is 1. The highest BCUT2D eigenvalue weighted by Crippen LogP contribution is 2.30. The zero-order valence-electron chi connectivity index (χ0n) is 15.7. The van der Waals surface area contributed by atoms with E-state index < -0.39 is 0 Å². The number of amides is 1. The van der Waals surface area contributed by atoms with Gasteiger partial charge in [0.2, 0.25) is 0 Å². The molecule has 2 aliphatic heterocycles. The first kappa shape index (κ1) is 17.9. The van der Waals surface area contributed by atoms with E-state index in [0.29, 0.717) is 30.4 Å². The van der Waals surface area contributed by atoms with E-state index in [4.69, 9.17) is 0 Å². The first-order chi connectivity index (χ1) is 13.1. The number of carbonyl (C=O) groups is 1. The van der Waals surface area contributed by atoms with Crippen LogP contribution in [0.15, 0.2) is 30.3 Å². The average molecular weight is 366 g/mol. The zero-order valence-corrected chi connectivity index (χ0v) is 15.7. The number of aromatic nitrogens is 2. The first-order valence-corrected chi connectivity index (χ1v) is 9.74. The van der Waals surface area contributed by atoms with Crippen molar-refractivity contribution in [2.75, 3.05) is 24.5 Å². The lowest BCUT2D eigenvalue weighted by molar-refractivity contribution is 0.0928. The van der Waals surface area contributed by atoms with Gasteiger partial charge in [-0.2, -0.15) is 0 Å². The second-order valence-electron chi connectivity index (χ2n) is 7.51. The Kier molecular flexibility index (Phi) is 5.07. The Morgan fingerprint density at radius 3 is 2.70 bits per heavy atom. The first-order valence-electron chi connectivity index (χ1n) is 9.74. The molecule has 6 heteroatoms. The molecule has 2 N–H and O–H groups in total. The minimum atomic E-state index is -0.318. The molecule has 1 amide bonds. The van der Waals surface area contributed by atoms with Crippen molar-refractivity contribution in [2.45, 2.75) is 38.7 Å². The van der Waals surface area contributed by atoms with Crippen molar-refractivity contribution in [3.63, 3.8) is 0 Å². The molecule has 1 aromatic carbocycles. The lowest BCUT2D eigenvalue weighted by atomic mass is 9.87. The summed E-state index contributed by atoms with van der Waals surface area (Å²) >= 11 is 0. The fourth-order valence-electron chi connectivity index (χ4n) is 4.16. The molecular formula is C21H26N4O2. The molecule has 1 fully saturated rings. The highest BCUT2D eigenvalue weighted by Gasteiger charge is 2.30. The Bertz CT molecular complexity index is 816. The van der Waals surface area contributed by atoms with Crippen LogP contribution in [0.5, 0.6) is 0 Å². The van der Waals surface area contributed by atoms with Crippen molar-refractivity contribution >= 4 is 11.7 Å². The Labute approximate surface area is 159 Å². The maximum atomic E-state index is 12.1. The van der Waals surface area contributed by atoms with Gasteiger partial charge < -0.3 is 15.3 Å². The van der Waals surface area contributed by atoms with Crippen molar-refractivity contribution in [3.05, 3.63) is 53.0 Å². The predicted octanol–water partition coefficient (Wildman–Crippen LogP) is 1.89. The molecule has 2 aliphatic rings. The molecule has 0 spiro atoms. The molecule has 1 saturated heterocycles. The van der Waals surface area contributed by atoms with E-state index in [0.717, 1.165) is 43.7 Å². The normalized spacial score (nSPS) is 18.7. The van der Waals surface area contributed by atoms with Gasteiger partial charge in [0.1, 0.15) is 17.3 Å². The highest BCUT2D eigenvalue weighted by atomic mass is 16.3. The van der Waals surface area contributed by atoms with Crippen LogP contribution in [0.4, 0.5) is 5.82 Å². The number of anilines is 1. The second-order valence-corrected chi connectivity index (χ2v) is 7.51. The van der Waals surface area contributed by atoms with Gasteiger partial charge >= 0.3 is 0 Å². The monoisotopic (exact) mass is 366 g/mol. The molecule has 1 atom stereocenters. The van der Waals surface area contributed by atoms with E-state index in [1.54, 1.807) is 0 Å². The van der Waals surface area contributed by atoms with Crippen LogP contribution in [-0.4, -0.2) is 46.7 Å². The van der Waals surface area contributed by atoms with Crippen LogP contribution in [-0.2, 0) is 12.8 Å². The largest absolute Gasteiger partial charge is 0.392 e. The number of aliphatic hydroxyl groups excluding tert-OH is 1. The summed E-state index contributed by atoms with van der Waals surface area (Å²) in [5, 5.41) is 13.5. The molecule has 1 unspecified atom stereocenters. The van der Waals surface area contributed by atoms with Gasteiger partial charge in [-0.15, -0.1) is 0 Å². The van der Waals surface area contributed by atoms with Crippen LogP contribution in [0.2, 0.25) is 0 Å². The molecule has 1 aromatic heterocycles. The van der Waals surface area contributed by atoms with Gasteiger partial charge in [-0.1, -0.05) is 30.3 Å². The number of aryl methyl sites for hydroxylation is 1. The minimum Gasteiger partial charge on any atom is -0.392 e. The summed E-state index contributed by atoms with van der Waals surface area (Å²) in [5.41, 5.74) is 2.67. The molecule has 0 bridgehead atoms. The van der Waals surface area contributed by atoms with Gasteiger partial charge in [0.15, 0.2) is 0 Å². The molecule has 6 nitrogen and oxygen atoms in total. The van der Waals surface area contributed by atoms with Gasteiger partial charge in [-0.3, -0.25) is 4.79 Å². The summed E-state index contributed by atoms with van der Waals surface area (Å²) in [6.45, 7) is 4.17. The third-order valence-corrected chi connectivity index (χ3v) is 5.64. The Morgan fingerprint density at radius 1 is 1.22 bits per heavy atom. The number of nitrogens with zero attached hydrogens (tertiary/aromatic N) is 3. The number of fused-ring (bicyclic) bond motifs is 1. The summed E-state index contributed by atoms with van der Waals surface area (Å²) in [4.78, 5) is 23.4. The van der Waals surface area contributed by atoms with Gasteiger partial charge in [0, 0.05) is 25.2 Å². The number of rotatable bonds is 4. The smallest absolute Gasteiger partial charge is 0.270 e. The van der Waals surface area contributed by atoms with Gasteiger partial charge in [-0.25, -0.2) is 9.97 Å². The Morgan fingerprint density at radius 2 is 1.96 bits per heavy atom. The van der Waals surface area contributed by atoms with Crippen LogP contribution < -0.4 is 10.2 Å². The lowest BCUT2D eigenvalue weighted by Crippen LogP contribution is -2.41. The lowest BCUT2D eigenvalue weighted by Gasteiger charge is -2.36. The fourth-order valence-corrected chi connectivity index (χ4v) is 4.16. The van der Waals surface area contributed by atoms with Crippen LogP contribution in [0, 0.1) is 12.8 Å². The molecule has 0 saturated carbocycles. The number of piperidine rings is 1. The van der Waals surface area contributed by atoms with Gasteiger partial charge in [0.05, 0.1) is 6.10 Å². The number of carbonyl (C=O) groups excluding carboxylic acids is 1. The van der Waals surface area contributed by atoms with E-state index in [1.165, 1.54) is 5.56 Å². The second kappa shape index (κ2) is 7.64. The highest BCUT2D eigenvalue weighted by molar-refractivity contribution is 5.96. The summed E-state index contributed by atoms with van der Waals surface area (Å²) < 4.78 is 0. The molecule has 4 rings (SSSR count). The fraction of sp³-hybridized carbons (Fsp3) is 0.476. The summed E-state index contributed by atoms with van der Waals surface area (Å²) in [5.74, 6) is 1.73. The van der Waals surface area contributed by atoms with Crippen molar-refractivity contribution in [1.82, 2.24) is 15.3 Å². The maximum absolute atomic E-state index is 12.1. The maximum Gasteiger partial charge on any atom is 0.270 e. The average Bonchev–Trinajstić information content (AvgIpc) is 2.69. The topological polar surface area (TPSA) is 78.3 Å². The van der Waals surface area contributed by atoms with E-state index >= 15 is 0 Å². The van der Waals surface area contributed by atoms with Crippen molar-refractivity contribution in [3.8, 4) is 0 Å². The van der Waals surface area contributed by atoms with Crippen molar-refractivity contribution < 1.29 is 9.90 Å². The summed E-state index contributed by atoms with van der Waals surface area (Å²) in [6, 6.07) is 10.2. The van der Waals surface area contributed by atoms with Gasteiger partial charge in [-0.05, 0) is 44.1 Å². The van der Waals surface area contributed by atoms with E-state index in [9.17, 15) is 9.90 Å². The summed E-state index contributed by atoms with van der Waals surface area (Å²) in [6.07, 6.45) is 3.01. The number of hydrogen-bond donors (Lipinski definition) is 2. The minimum absolute atomic E-state index is 0.101. The van der Waals surface area contributed by atoms with Crippen LogP contribution in [0.25, 0.3) is 0 Å². The third kappa shape index (κ3) is 3.81. The number of benzene rings is 1. The molecular weight excluding hydrogens is 340 g/mol. The van der Waals surface area contributed by atoms with E-state index in [1.807, 2.05) is 25.1 Å². The molecule has 0 radical (unpaired) electrons. The van der Waals surface area contributed by atoms with Gasteiger partial charge in [0.25, 0.3) is 5.91 Å². The van der Waals surface area contributed by atoms with Crippen molar-refractivity contribution in [2.24, 2.45) is 5.92 Å². The SMILES string of the molecule is Cc1nc2c(c(N3CCC(C(O)Cc4ccccc4)CC3)n1)CCNC2=O. The molecule has 3 heterocycles. The standard InChI is InChI=1S/C21H26N4O2/c1-14-23-19-17(7-10-22-21(19)27)20(24-14)25-11-8-16(9-12-25)18(26)13-15-5-3-2-4-6-15/h2-6,16,18,26H,7-13H2,1H3,(H,22,27). The third-order valence-electron chi connectivity index (χ3n) is 5.64. The Hall–Kier alpha value is -2.47. The molecule has 2 aromatic rings. The van der Waals surface area contributed by atoms with Crippen LogP contribution in [0.1, 0.15) is 40.3 Å². The molecule has 142 valence electrons. The van der Waals surface area contributed by atoms with E-state index in [-0.39, 0.29) is 12.0 Å². The number of hydrogen-bond acceptors (Lipinski definition) is 5.